The number of amides is 2. The van der Waals surface area contributed by atoms with Crippen LogP contribution in [0.4, 0.5) is 11.5 Å². The summed E-state index contributed by atoms with van der Waals surface area (Å²) in [7, 11) is 0. The Kier molecular flexibility index (Phi) is 5.69. The number of hydrogen-bond donors (Lipinski definition) is 1. The van der Waals surface area contributed by atoms with E-state index in [1.807, 2.05) is 48.5 Å². The van der Waals surface area contributed by atoms with Crippen LogP contribution in [0.3, 0.4) is 0 Å². The lowest BCUT2D eigenvalue weighted by molar-refractivity contribution is -0.122. The average Bonchev–Trinajstić information content (AvgIpc) is 3.30. The summed E-state index contributed by atoms with van der Waals surface area (Å²) in [6.45, 7) is 0.852. The van der Waals surface area contributed by atoms with E-state index in [9.17, 15) is 9.59 Å². The molecule has 0 saturated carbocycles. The number of para-hydroxylation sites is 1. The highest BCUT2D eigenvalue weighted by atomic mass is 79.9. The van der Waals surface area contributed by atoms with Crippen LogP contribution in [0, 0.1) is 5.92 Å². The highest BCUT2D eigenvalue weighted by molar-refractivity contribution is 9.10. The normalized spacial score (nSPS) is 16.3. The SMILES string of the molecule is O=C(Nc1ccnn1Cc1ccc(Cl)cc1)C1CC(=O)N(c2ccccc2Br)C1. The Hall–Kier alpha value is -2.64. The number of nitrogens with one attached hydrogen (secondary N) is 1. The van der Waals surface area contributed by atoms with Crippen LogP contribution in [0.25, 0.3) is 0 Å². The van der Waals surface area contributed by atoms with E-state index in [0.717, 1.165) is 15.7 Å². The maximum Gasteiger partial charge on any atom is 0.230 e. The first kappa shape index (κ1) is 19.7. The third-order valence-electron chi connectivity index (χ3n) is 4.85. The predicted molar refractivity (Wildman–Crippen MR) is 116 cm³/mol. The Labute approximate surface area is 181 Å². The fourth-order valence-corrected chi connectivity index (χ4v) is 3.97. The smallest absolute Gasteiger partial charge is 0.230 e. The first-order valence-electron chi connectivity index (χ1n) is 9.13. The molecule has 1 N–H and O–H groups in total. The summed E-state index contributed by atoms with van der Waals surface area (Å²) in [4.78, 5) is 26.9. The summed E-state index contributed by atoms with van der Waals surface area (Å²) < 4.78 is 2.54. The first-order chi connectivity index (χ1) is 14.0. The number of anilines is 2. The van der Waals surface area contributed by atoms with Gasteiger partial charge < -0.3 is 10.2 Å². The van der Waals surface area contributed by atoms with Crippen molar-refractivity contribution in [1.82, 2.24) is 9.78 Å². The van der Waals surface area contributed by atoms with Crippen molar-refractivity contribution in [2.75, 3.05) is 16.8 Å². The van der Waals surface area contributed by atoms with Gasteiger partial charge in [0.1, 0.15) is 5.82 Å². The van der Waals surface area contributed by atoms with Crippen LogP contribution in [-0.2, 0) is 16.1 Å². The second kappa shape index (κ2) is 8.39. The van der Waals surface area contributed by atoms with Gasteiger partial charge in [0.2, 0.25) is 11.8 Å². The molecule has 8 heteroatoms. The molecule has 0 spiro atoms. The van der Waals surface area contributed by atoms with Crippen LogP contribution >= 0.6 is 27.5 Å². The third kappa shape index (κ3) is 4.36. The van der Waals surface area contributed by atoms with Crippen molar-refractivity contribution in [2.24, 2.45) is 5.92 Å². The Morgan fingerprint density at radius 3 is 2.69 bits per heavy atom. The summed E-state index contributed by atoms with van der Waals surface area (Å²) in [5.74, 6) is -0.0808. The molecule has 1 fully saturated rings. The topological polar surface area (TPSA) is 67.2 Å². The average molecular weight is 474 g/mol. The zero-order valence-electron chi connectivity index (χ0n) is 15.4. The molecule has 3 aromatic rings. The molecule has 2 amide bonds. The number of aromatic nitrogens is 2. The maximum absolute atomic E-state index is 12.8. The van der Waals surface area contributed by atoms with Gasteiger partial charge in [0.05, 0.1) is 24.3 Å². The molecule has 1 saturated heterocycles. The second-order valence-corrected chi connectivity index (χ2v) is 8.14. The van der Waals surface area contributed by atoms with Crippen LogP contribution in [-0.4, -0.2) is 28.1 Å². The Morgan fingerprint density at radius 2 is 1.93 bits per heavy atom. The van der Waals surface area contributed by atoms with Gasteiger partial charge in [-0.25, -0.2) is 4.68 Å². The lowest BCUT2D eigenvalue weighted by atomic mass is 10.1. The Balaban J connectivity index is 1.44. The number of halogens is 2. The minimum absolute atomic E-state index is 0.0632. The van der Waals surface area contributed by atoms with Crippen LogP contribution in [0.1, 0.15) is 12.0 Å². The molecule has 1 aliphatic heterocycles. The first-order valence-corrected chi connectivity index (χ1v) is 10.3. The second-order valence-electron chi connectivity index (χ2n) is 6.85. The molecule has 2 heterocycles. The molecule has 148 valence electrons. The number of nitrogens with zero attached hydrogens (tertiary/aromatic N) is 3. The molecule has 0 bridgehead atoms. The lowest BCUT2D eigenvalue weighted by Crippen LogP contribution is -2.29. The fraction of sp³-hybridized carbons (Fsp3) is 0.190. The van der Waals surface area contributed by atoms with Crippen molar-refractivity contribution in [1.29, 1.82) is 0 Å². The maximum atomic E-state index is 12.8. The number of rotatable bonds is 5. The summed E-state index contributed by atoms with van der Waals surface area (Å²) in [5, 5.41) is 7.87. The minimum Gasteiger partial charge on any atom is -0.311 e. The molecule has 6 nitrogen and oxygen atoms in total. The van der Waals surface area contributed by atoms with Gasteiger partial charge in [0.15, 0.2) is 0 Å². The highest BCUT2D eigenvalue weighted by Gasteiger charge is 2.36. The van der Waals surface area contributed by atoms with E-state index in [0.29, 0.717) is 23.9 Å². The minimum atomic E-state index is -0.423. The van der Waals surface area contributed by atoms with E-state index in [2.05, 4.69) is 26.3 Å². The van der Waals surface area contributed by atoms with Gasteiger partial charge >= 0.3 is 0 Å². The van der Waals surface area contributed by atoms with Crippen LogP contribution in [0.5, 0.6) is 0 Å². The highest BCUT2D eigenvalue weighted by Crippen LogP contribution is 2.31. The molecule has 1 aromatic heterocycles. The summed E-state index contributed by atoms with van der Waals surface area (Å²) in [6.07, 6.45) is 1.82. The van der Waals surface area contributed by atoms with E-state index in [1.165, 1.54) is 0 Å². The predicted octanol–water partition coefficient (Wildman–Crippen LogP) is 4.34. The molecule has 0 radical (unpaired) electrons. The van der Waals surface area contributed by atoms with Gasteiger partial charge in [-0.1, -0.05) is 35.9 Å². The van der Waals surface area contributed by atoms with E-state index in [4.69, 9.17) is 11.6 Å². The molecule has 4 rings (SSSR count). The van der Waals surface area contributed by atoms with Crippen molar-refractivity contribution in [3.8, 4) is 0 Å². The molecule has 0 aliphatic carbocycles. The van der Waals surface area contributed by atoms with E-state index in [-0.39, 0.29) is 18.2 Å². The van der Waals surface area contributed by atoms with Gasteiger partial charge in [0.25, 0.3) is 0 Å². The molecular weight excluding hydrogens is 456 g/mol. The summed E-state index contributed by atoms with van der Waals surface area (Å²) in [5.41, 5.74) is 1.80. The van der Waals surface area contributed by atoms with E-state index >= 15 is 0 Å². The van der Waals surface area contributed by atoms with Crippen molar-refractivity contribution in [2.45, 2.75) is 13.0 Å². The fourth-order valence-electron chi connectivity index (χ4n) is 3.34. The molecule has 1 aliphatic rings. The third-order valence-corrected chi connectivity index (χ3v) is 5.78. The van der Waals surface area contributed by atoms with E-state index < -0.39 is 5.92 Å². The van der Waals surface area contributed by atoms with Gasteiger partial charge in [-0.2, -0.15) is 5.10 Å². The standard InChI is InChI=1S/C21H18BrClN4O2/c22-17-3-1-2-4-18(17)26-13-15(11-20(26)28)21(29)25-19-9-10-24-27(19)12-14-5-7-16(23)8-6-14/h1-10,15H,11-13H2,(H,25,29). The van der Waals surface area contributed by atoms with Crippen LogP contribution in [0.2, 0.25) is 5.02 Å². The molecule has 29 heavy (non-hydrogen) atoms. The largest absolute Gasteiger partial charge is 0.311 e. The summed E-state index contributed by atoms with van der Waals surface area (Å²) >= 11 is 9.40. The molecule has 2 aromatic carbocycles. The van der Waals surface area contributed by atoms with Crippen molar-refractivity contribution in [3.05, 3.63) is 75.9 Å². The number of benzene rings is 2. The number of carbonyl (C=O) groups is 2. The van der Waals surface area contributed by atoms with Crippen LogP contribution < -0.4 is 10.2 Å². The van der Waals surface area contributed by atoms with E-state index in [1.54, 1.807) is 21.8 Å². The molecule has 1 unspecified atom stereocenters. The van der Waals surface area contributed by atoms with Crippen molar-refractivity contribution < 1.29 is 9.59 Å². The van der Waals surface area contributed by atoms with Crippen molar-refractivity contribution >= 4 is 50.9 Å². The van der Waals surface area contributed by atoms with Crippen LogP contribution in [0.15, 0.2) is 65.3 Å². The zero-order chi connectivity index (χ0) is 20.4. The zero-order valence-corrected chi connectivity index (χ0v) is 17.7. The quantitative estimate of drug-likeness (QED) is 0.599. The Bertz CT molecular complexity index is 1050. The number of hydrogen-bond acceptors (Lipinski definition) is 3. The Morgan fingerprint density at radius 1 is 1.17 bits per heavy atom. The van der Waals surface area contributed by atoms with Crippen molar-refractivity contribution in [3.63, 3.8) is 0 Å². The lowest BCUT2D eigenvalue weighted by Gasteiger charge is -2.18. The number of carbonyl (C=O) groups excluding carboxylic acids is 2. The van der Waals surface area contributed by atoms with Gasteiger partial charge in [-0.15, -0.1) is 0 Å². The van der Waals surface area contributed by atoms with Gasteiger partial charge in [0, 0.05) is 28.5 Å². The van der Waals surface area contributed by atoms with Gasteiger partial charge in [-0.05, 0) is 45.8 Å². The summed E-state index contributed by atoms with van der Waals surface area (Å²) in [6, 6.07) is 16.7. The monoisotopic (exact) mass is 472 g/mol. The van der Waals surface area contributed by atoms with Gasteiger partial charge in [-0.3, -0.25) is 9.59 Å². The molecular formula is C21H18BrClN4O2. The molecule has 1 atom stereocenters.